The van der Waals surface area contributed by atoms with Gasteiger partial charge in [-0.1, -0.05) is 48.0 Å². The number of hydrogen-bond donors (Lipinski definition) is 1. The van der Waals surface area contributed by atoms with E-state index in [0.717, 1.165) is 39.6 Å². The van der Waals surface area contributed by atoms with Gasteiger partial charge in [0.2, 0.25) is 0 Å². The minimum atomic E-state index is -0.484. The van der Waals surface area contributed by atoms with Crippen LogP contribution in [-0.4, -0.2) is 25.3 Å². The molecule has 190 valence electrons. The maximum absolute atomic E-state index is 14.0. The van der Waals surface area contributed by atoms with E-state index >= 15 is 0 Å². The van der Waals surface area contributed by atoms with Crippen LogP contribution in [0.1, 0.15) is 34.1 Å². The van der Waals surface area contributed by atoms with Crippen molar-refractivity contribution in [2.45, 2.75) is 26.4 Å². The van der Waals surface area contributed by atoms with Crippen molar-refractivity contribution in [2.75, 3.05) is 5.32 Å². The summed E-state index contributed by atoms with van der Waals surface area (Å²) in [7, 11) is 0. The van der Waals surface area contributed by atoms with Crippen LogP contribution < -0.4 is 5.32 Å². The third kappa shape index (κ3) is 4.15. The van der Waals surface area contributed by atoms with Crippen molar-refractivity contribution in [2.24, 2.45) is 0 Å². The van der Waals surface area contributed by atoms with Gasteiger partial charge in [-0.2, -0.15) is 5.10 Å². The number of halogens is 2. The Bertz CT molecular complexity index is 1640. The third-order valence-corrected chi connectivity index (χ3v) is 7.36. The Labute approximate surface area is 224 Å². The van der Waals surface area contributed by atoms with Gasteiger partial charge < -0.3 is 14.8 Å². The van der Waals surface area contributed by atoms with E-state index in [2.05, 4.69) is 9.88 Å². The molecule has 0 saturated heterocycles. The molecule has 6 rings (SSSR count). The molecule has 8 heteroatoms. The van der Waals surface area contributed by atoms with Crippen LogP contribution in [0.4, 0.5) is 14.9 Å². The van der Waals surface area contributed by atoms with Gasteiger partial charge in [-0.15, -0.1) is 0 Å². The molecule has 1 aliphatic rings. The number of anilines is 1. The number of rotatable bonds is 3. The van der Waals surface area contributed by atoms with Gasteiger partial charge in [0.15, 0.2) is 0 Å². The summed E-state index contributed by atoms with van der Waals surface area (Å²) in [6.45, 7) is 4.16. The second-order valence-corrected chi connectivity index (χ2v) is 9.82. The van der Waals surface area contributed by atoms with Gasteiger partial charge in [0, 0.05) is 22.5 Å². The Morgan fingerprint density at radius 1 is 1.00 bits per heavy atom. The average Bonchev–Trinajstić information content (AvgIpc) is 3.48. The van der Waals surface area contributed by atoms with Gasteiger partial charge in [0.1, 0.15) is 11.6 Å². The fraction of sp³-hybridized carbons (Fsp3) is 0.133. The zero-order chi connectivity index (χ0) is 26.4. The number of para-hydroxylation sites is 1. The molecule has 3 heterocycles. The molecule has 38 heavy (non-hydrogen) atoms. The average molecular weight is 526 g/mol. The molecular weight excluding hydrogens is 501 g/mol. The molecule has 2 amide bonds. The molecule has 0 saturated carbocycles. The number of aryl methyl sites for hydroxylation is 2. The van der Waals surface area contributed by atoms with E-state index in [0.29, 0.717) is 17.3 Å². The highest BCUT2D eigenvalue weighted by molar-refractivity contribution is 6.31. The maximum Gasteiger partial charge on any atom is 0.322 e. The first-order valence-electron chi connectivity index (χ1n) is 12.3. The predicted octanol–water partition coefficient (Wildman–Crippen LogP) is 7.21. The molecule has 0 radical (unpaired) electrons. The molecule has 1 atom stereocenters. The molecule has 0 aliphatic carbocycles. The van der Waals surface area contributed by atoms with Crippen LogP contribution in [0.2, 0.25) is 5.02 Å². The van der Waals surface area contributed by atoms with E-state index in [1.807, 2.05) is 79.3 Å². The van der Waals surface area contributed by atoms with Crippen molar-refractivity contribution in [1.29, 1.82) is 0 Å². The second-order valence-electron chi connectivity index (χ2n) is 9.41. The Hall–Kier alpha value is -4.36. The van der Waals surface area contributed by atoms with Gasteiger partial charge in [0.05, 0.1) is 29.7 Å². The smallest absolute Gasteiger partial charge is 0.308 e. The third-order valence-electron chi connectivity index (χ3n) is 6.96. The van der Waals surface area contributed by atoms with E-state index in [1.54, 1.807) is 23.1 Å². The van der Waals surface area contributed by atoms with Gasteiger partial charge in [0.25, 0.3) is 0 Å². The summed E-state index contributed by atoms with van der Waals surface area (Å²) in [4.78, 5) is 15.7. The zero-order valence-corrected chi connectivity index (χ0v) is 21.7. The van der Waals surface area contributed by atoms with Crippen molar-refractivity contribution in [3.05, 3.63) is 130 Å². The minimum Gasteiger partial charge on any atom is -0.308 e. The summed E-state index contributed by atoms with van der Waals surface area (Å²) in [6.07, 6.45) is 1.98. The van der Waals surface area contributed by atoms with Crippen molar-refractivity contribution in [1.82, 2.24) is 19.2 Å². The van der Waals surface area contributed by atoms with Crippen molar-refractivity contribution in [3.8, 4) is 11.5 Å². The van der Waals surface area contributed by atoms with Crippen LogP contribution in [-0.2, 0) is 6.54 Å². The first-order valence-corrected chi connectivity index (χ1v) is 12.7. The molecular formula is C30H25ClFN5O. The monoisotopic (exact) mass is 525 g/mol. The lowest BCUT2D eigenvalue weighted by atomic mass is 10.0. The summed E-state index contributed by atoms with van der Waals surface area (Å²) < 4.78 is 17.9. The highest BCUT2D eigenvalue weighted by Gasteiger charge is 2.36. The lowest BCUT2D eigenvalue weighted by Gasteiger charge is -2.31. The fourth-order valence-electron chi connectivity index (χ4n) is 5.01. The number of urea groups is 1. The van der Waals surface area contributed by atoms with Gasteiger partial charge in [-0.3, -0.25) is 0 Å². The number of nitrogens with one attached hydrogen (secondary N) is 1. The topological polar surface area (TPSA) is 55.1 Å². The van der Waals surface area contributed by atoms with Crippen molar-refractivity contribution >= 4 is 23.3 Å². The molecule has 3 aromatic carbocycles. The Kier molecular flexibility index (Phi) is 6.00. The minimum absolute atomic E-state index is 0.295. The summed E-state index contributed by atoms with van der Waals surface area (Å²) in [5.74, 6) is 0.538. The summed E-state index contributed by atoms with van der Waals surface area (Å²) in [5.41, 5.74) is 5.85. The number of hydrogen-bond acceptors (Lipinski definition) is 2. The van der Waals surface area contributed by atoms with Crippen LogP contribution in [0.25, 0.3) is 11.5 Å². The first kappa shape index (κ1) is 24.0. The van der Waals surface area contributed by atoms with E-state index in [4.69, 9.17) is 16.7 Å². The predicted molar refractivity (Wildman–Crippen MR) is 147 cm³/mol. The number of fused-ring (bicyclic) bond motifs is 3. The number of aromatic nitrogens is 3. The Morgan fingerprint density at radius 3 is 2.50 bits per heavy atom. The molecule has 2 aromatic heterocycles. The lowest BCUT2D eigenvalue weighted by molar-refractivity contribution is 0.194. The van der Waals surface area contributed by atoms with Gasteiger partial charge >= 0.3 is 6.03 Å². The fourth-order valence-corrected chi connectivity index (χ4v) is 5.19. The summed E-state index contributed by atoms with van der Waals surface area (Å²) in [6, 6.07) is 24.8. The van der Waals surface area contributed by atoms with E-state index in [9.17, 15) is 9.18 Å². The largest absolute Gasteiger partial charge is 0.322 e. The van der Waals surface area contributed by atoms with Crippen LogP contribution >= 0.6 is 11.6 Å². The normalized spacial score (nSPS) is 14.5. The molecule has 1 aliphatic heterocycles. The van der Waals surface area contributed by atoms with Crippen molar-refractivity contribution in [3.63, 3.8) is 0 Å². The number of amides is 2. The highest BCUT2D eigenvalue weighted by atomic mass is 35.5. The molecule has 0 unspecified atom stereocenters. The van der Waals surface area contributed by atoms with Crippen LogP contribution in [0.15, 0.2) is 91.1 Å². The second kappa shape index (κ2) is 9.50. The van der Waals surface area contributed by atoms with E-state index in [1.165, 1.54) is 12.1 Å². The van der Waals surface area contributed by atoms with E-state index in [-0.39, 0.29) is 11.8 Å². The number of benzene rings is 3. The number of nitrogens with zero attached hydrogens (tertiary/aromatic N) is 4. The lowest BCUT2D eigenvalue weighted by Crippen LogP contribution is -2.38. The molecule has 1 N–H and O–H groups in total. The van der Waals surface area contributed by atoms with Crippen LogP contribution in [0, 0.1) is 19.7 Å². The molecule has 5 aromatic rings. The number of carbonyl (C=O) groups is 1. The maximum atomic E-state index is 14.0. The van der Waals surface area contributed by atoms with Gasteiger partial charge in [-0.25, -0.2) is 13.9 Å². The van der Waals surface area contributed by atoms with Crippen LogP contribution in [0.3, 0.4) is 0 Å². The first-order chi connectivity index (χ1) is 18.4. The molecule has 0 bridgehead atoms. The molecule has 0 fully saturated rings. The standard InChI is InChI=1S/C30H25ClFN5O/c1-19-10-15-23(17-26(19)31)33-30(38)36-18-25-20(2)34-37(24-7-4-3-5-8-24)29(25)35-16-6-9-27(35)28(36)21-11-13-22(32)14-12-21/h3-17,28H,18H2,1-2H3,(H,33,38)/t28-/m0/s1. The number of carbonyl (C=O) groups excluding carboxylic acids is 1. The van der Waals surface area contributed by atoms with Crippen LogP contribution in [0.5, 0.6) is 0 Å². The molecule has 0 spiro atoms. The Morgan fingerprint density at radius 2 is 1.76 bits per heavy atom. The Balaban J connectivity index is 1.52. The zero-order valence-electron chi connectivity index (χ0n) is 20.9. The quantitative estimate of drug-likeness (QED) is 0.270. The molecule has 6 nitrogen and oxygen atoms in total. The highest BCUT2D eigenvalue weighted by Crippen LogP contribution is 2.39. The van der Waals surface area contributed by atoms with E-state index < -0.39 is 6.04 Å². The SMILES string of the molecule is Cc1ccc(NC(=O)N2Cc3c(C)nn(-c4ccccc4)c3-n3cccc3[C@@H]2c2ccc(F)cc2)cc1Cl. The van der Waals surface area contributed by atoms with Gasteiger partial charge in [-0.05, 0) is 73.5 Å². The summed E-state index contributed by atoms with van der Waals surface area (Å²) in [5, 5.41) is 8.46. The van der Waals surface area contributed by atoms with Crippen molar-refractivity contribution < 1.29 is 9.18 Å². The summed E-state index contributed by atoms with van der Waals surface area (Å²) >= 11 is 6.33.